The minimum atomic E-state index is -0.587. The zero-order chi connectivity index (χ0) is 14.4. The van der Waals surface area contributed by atoms with Crippen LogP contribution in [-0.2, 0) is 14.2 Å². The van der Waals surface area contributed by atoms with Crippen molar-refractivity contribution in [2.45, 2.75) is 0 Å². The molecule has 108 valence electrons. The average Bonchev–Trinajstić information content (AvgIpc) is 2.40. The fourth-order valence-electron chi connectivity index (χ4n) is 1.48. The van der Waals surface area contributed by atoms with Gasteiger partial charge < -0.3 is 14.2 Å². The molecule has 0 atom stereocenters. The Hall–Kier alpha value is -1.30. The number of nitroso groups, excluding NO2 is 1. The van der Waals surface area contributed by atoms with Gasteiger partial charge in [-0.15, -0.1) is 19.7 Å². The van der Waals surface area contributed by atoms with Crippen molar-refractivity contribution >= 4 is 0 Å². The first-order valence-electron chi connectivity index (χ1n) is 6.09. The van der Waals surface area contributed by atoms with E-state index in [1.165, 1.54) is 0 Å². The average molecular weight is 269 g/mol. The summed E-state index contributed by atoms with van der Waals surface area (Å²) in [5.41, 5.74) is -0.587. The predicted octanol–water partition coefficient (Wildman–Crippen LogP) is 2.35. The second-order valence-electron chi connectivity index (χ2n) is 4.20. The van der Waals surface area contributed by atoms with Crippen molar-refractivity contribution in [3.05, 3.63) is 42.9 Å². The van der Waals surface area contributed by atoms with Gasteiger partial charge in [0.05, 0.1) is 51.6 Å². The summed E-state index contributed by atoms with van der Waals surface area (Å²) in [6.07, 6.45) is 4.94. The number of ether oxygens (including phenoxy) is 3. The molecule has 0 fully saturated rings. The monoisotopic (exact) mass is 269 g/mol. The molecule has 19 heavy (non-hydrogen) atoms. The molecule has 0 radical (unpaired) electrons. The van der Waals surface area contributed by atoms with Gasteiger partial charge in [-0.1, -0.05) is 23.4 Å². The third-order valence-corrected chi connectivity index (χ3v) is 2.33. The lowest BCUT2D eigenvalue weighted by molar-refractivity contribution is -0.0513. The molecule has 0 bridgehead atoms. The first-order chi connectivity index (χ1) is 9.24. The summed E-state index contributed by atoms with van der Waals surface area (Å²) in [6, 6.07) is 0. The van der Waals surface area contributed by atoms with Gasteiger partial charge in [0.2, 0.25) is 0 Å². The van der Waals surface area contributed by atoms with Crippen LogP contribution < -0.4 is 0 Å². The minimum Gasteiger partial charge on any atom is -0.377 e. The maximum absolute atomic E-state index is 10.6. The van der Waals surface area contributed by atoms with E-state index in [1.54, 1.807) is 18.2 Å². The van der Waals surface area contributed by atoms with Crippen molar-refractivity contribution in [2.75, 3.05) is 46.2 Å². The van der Waals surface area contributed by atoms with Gasteiger partial charge in [-0.2, -0.15) is 4.91 Å². The molecule has 0 aliphatic rings. The van der Waals surface area contributed by atoms with Gasteiger partial charge in [-0.25, -0.2) is 0 Å². The Bertz CT molecular complexity index is 243. The van der Waals surface area contributed by atoms with Crippen molar-refractivity contribution in [2.24, 2.45) is 10.6 Å². The van der Waals surface area contributed by atoms with Gasteiger partial charge in [0, 0.05) is 0 Å². The highest BCUT2D eigenvalue weighted by atomic mass is 16.5. The molecule has 0 heterocycles. The molecule has 0 aromatic carbocycles. The van der Waals surface area contributed by atoms with E-state index in [-0.39, 0.29) is 6.54 Å². The Morgan fingerprint density at radius 3 is 1.47 bits per heavy atom. The van der Waals surface area contributed by atoms with E-state index in [2.05, 4.69) is 24.9 Å². The SMILES string of the molecule is C=CCOCC(CN=O)(COCC=C)COCC=C. The van der Waals surface area contributed by atoms with Crippen LogP contribution >= 0.6 is 0 Å². The van der Waals surface area contributed by atoms with Gasteiger partial charge in [0.25, 0.3) is 0 Å². The molecule has 0 spiro atoms. The number of nitrogens with zero attached hydrogens (tertiary/aromatic N) is 1. The summed E-state index contributed by atoms with van der Waals surface area (Å²) in [5.74, 6) is 0. The number of hydrogen-bond donors (Lipinski definition) is 0. The highest BCUT2D eigenvalue weighted by Crippen LogP contribution is 2.20. The Morgan fingerprint density at radius 2 is 1.21 bits per heavy atom. The first kappa shape index (κ1) is 17.7. The Labute approximate surface area is 114 Å². The van der Waals surface area contributed by atoms with Crippen molar-refractivity contribution in [1.82, 2.24) is 0 Å². The highest BCUT2D eigenvalue weighted by molar-refractivity contribution is 4.83. The van der Waals surface area contributed by atoms with Crippen LogP contribution in [0.3, 0.4) is 0 Å². The van der Waals surface area contributed by atoms with Crippen LogP contribution in [0, 0.1) is 10.3 Å². The van der Waals surface area contributed by atoms with Crippen molar-refractivity contribution < 1.29 is 14.2 Å². The van der Waals surface area contributed by atoms with Crippen LogP contribution in [0.4, 0.5) is 0 Å². The molecule has 5 nitrogen and oxygen atoms in total. The molecule has 5 heteroatoms. The van der Waals surface area contributed by atoms with Gasteiger partial charge in [0.15, 0.2) is 0 Å². The Balaban J connectivity index is 4.53. The molecule has 0 amide bonds. The molecule has 0 aromatic heterocycles. The maximum Gasteiger partial charge on any atom is 0.0933 e. The van der Waals surface area contributed by atoms with E-state index >= 15 is 0 Å². The predicted molar refractivity (Wildman–Crippen MR) is 76.1 cm³/mol. The summed E-state index contributed by atoms with van der Waals surface area (Å²) < 4.78 is 16.3. The van der Waals surface area contributed by atoms with Crippen molar-refractivity contribution in [1.29, 1.82) is 0 Å². The second kappa shape index (κ2) is 11.8. The van der Waals surface area contributed by atoms with E-state index in [0.29, 0.717) is 39.6 Å². The second-order valence-corrected chi connectivity index (χ2v) is 4.20. The number of hydrogen-bond acceptors (Lipinski definition) is 5. The Morgan fingerprint density at radius 1 is 0.842 bits per heavy atom. The van der Waals surface area contributed by atoms with E-state index in [1.807, 2.05) is 0 Å². The lowest BCUT2D eigenvalue weighted by atomic mass is 9.91. The van der Waals surface area contributed by atoms with E-state index in [0.717, 1.165) is 0 Å². The lowest BCUT2D eigenvalue weighted by Gasteiger charge is -2.30. The fraction of sp³-hybridized carbons (Fsp3) is 0.571. The van der Waals surface area contributed by atoms with Crippen molar-refractivity contribution in [3.63, 3.8) is 0 Å². The zero-order valence-corrected chi connectivity index (χ0v) is 11.4. The van der Waals surface area contributed by atoms with Crippen LogP contribution in [0.25, 0.3) is 0 Å². The summed E-state index contributed by atoms with van der Waals surface area (Å²) in [6.45, 7) is 13.0. The van der Waals surface area contributed by atoms with Gasteiger partial charge in [-0.3, -0.25) is 0 Å². The summed E-state index contributed by atoms with van der Waals surface area (Å²) in [7, 11) is 0. The van der Waals surface area contributed by atoms with Crippen LogP contribution in [0.1, 0.15) is 0 Å². The van der Waals surface area contributed by atoms with Crippen LogP contribution in [-0.4, -0.2) is 46.2 Å². The molecule has 0 N–H and O–H groups in total. The summed E-state index contributed by atoms with van der Waals surface area (Å²) in [5, 5.41) is 2.98. The quantitative estimate of drug-likeness (QED) is 0.276. The van der Waals surface area contributed by atoms with Gasteiger partial charge in [0.1, 0.15) is 0 Å². The third-order valence-electron chi connectivity index (χ3n) is 2.33. The third kappa shape index (κ3) is 8.42. The molecule has 0 rings (SSSR count). The molecular formula is C14H23NO4. The van der Waals surface area contributed by atoms with E-state index in [4.69, 9.17) is 14.2 Å². The van der Waals surface area contributed by atoms with E-state index in [9.17, 15) is 4.91 Å². The molecule has 0 unspecified atom stereocenters. The fourth-order valence-corrected chi connectivity index (χ4v) is 1.48. The minimum absolute atomic E-state index is 0.0679. The largest absolute Gasteiger partial charge is 0.377 e. The van der Waals surface area contributed by atoms with E-state index < -0.39 is 5.41 Å². The molecule has 0 saturated heterocycles. The van der Waals surface area contributed by atoms with Crippen molar-refractivity contribution in [3.8, 4) is 0 Å². The maximum atomic E-state index is 10.6. The smallest absolute Gasteiger partial charge is 0.0933 e. The highest BCUT2D eigenvalue weighted by Gasteiger charge is 2.32. The van der Waals surface area contributed by atoms with Crippen LogP contribution in [0.5, 0.6) is 0 Å². The van der Waals surface area contributed by atoms with Crippen LogP contribution in [0.15, 0.2) is 43.1 Å². The Kier molecular flexibility index (Phi) is 11.0. The van der Waals surface area contributed by atoms with Gasteiger partial charge >= 0.3 is 0 Å². The standard InChI is InChI=1S/C14H23NO4/c1-4-7-17-11-14(10-15-16,12-18-8-5-2)13-19-9-6-3/h4-6H,1-3,7-13H2. The molecule has 0 aliphatic heterocycles. The first-order valence-corrected chi connectivity index (χ1v) is 6.09. The lowest BCUT2D eigenvalue weighted by Crippen LogP contribution is -2.40. The summed E-state index contributed by atoms with van der Waals surface area (Å²) >= 11 is 0. The normalized spacial score (nSPS) is 10.9. The zero-order valence-electron chi connectivity index (χ0n) is 11.4. The number of rotatable bonds is 14. The molecular weight excluding hydrogens is 246 g/mol. The molecule has 0 aliphatic carbocycles. The molecule has 0 saturated carbocycles. The topological polar surface area (TPSA) is 57.1 Å². The van der Waals surface area contributed by atoms with Gasteiger partial charge in [-0.05, 0) is 0 Å². The summed E-state index contributed by atoms with van der Waals surface area (Å²) in [4.78, 5) is 10.6. The van der Waals surface area contributed by atoms with Crippen LogP contribution in [0.2, 0.25) is 0 Å². The molecule has 0 aromatic rings.